The van der Waals surface area contributed by atoms with Gasteiger partial charge in [-0.3, -0.25) is 9.69 Å². The predicted octanol–water partition coefficient (Wildman–Crippen LogP) is 4.59. The van der Waals surface area contributed by atoms with Crippen LogP contribution in [-0.4, -0.2) is 63.4 Å². The van der Waals surface area contributed by atoms with Crippen molar-refractivity contribution in [1.82, 2.24) is 25.3 Å². The Hall–Kier alpha value is -3.11. The number of nitrogens with zero attached hydrogens (tertiary/aromatic N) is 6. The van der Waals surface area contributed by atoms with E-state index in [0.717, 1.165) is 69.4 Å². The lowest BCUT2D eigenvalue weighted by Crippen LogP contribution is -2.39. The molecule has 1 amide bonds. The number of hydrogen-bond acceptors (Lipinski definition) is 9. The Bertz CT molecular complexity index is 1240. The highest BCUT2D eigenvalue weighted by molar-refractivity contribution is 7.19. The maximum atomic E-state index is 13.5. The van der Waals surface area contributed by atoms with Gasteiger partial charge < -0.3 is 15.5 Å². The Morgan fingerprint density at radius 3 is 2.59 bits per heavy atom. The fourth-order valence-electron chi connectivity index (χ4n) is 6.02. The summed E-state index contributed by atoms with van der Waals surface area (Å²) in [7, 11) is 0. The zero-order chi connectivity index (χ0) is 26.6. The summed E-state index contributed by atoms with van der Waals surface area (Å²) in [6.07, 6.45) is 8.35. The van der Waals surface area contributed by atoms with Gasteiger partial charge in [0.1, 0.15) is 0 Å². The van der Waals surface area contributed by atoms with Crippen LogP contribution in [0.3, 0.4) is 0 Å². The van der Waals surface area contributed by atoms with Crippen LogP contribution in [0.4, 0.5) is 16.1 Å². The maximum absolute atomic E-state index is 13.5. The van der Waals surface area contributed by atoms with E-state index in [1.54, 1.807) is 6.20 Å². The van der Waals surface area contributed by atoms with Gasteiger partial charge in [0.15, 0.2) is 5.82 Å². The number of carbonyl (C=O) groups excluding carboxylic acids is 1. The number of anilines is 3. The standard InChI is InChI=1S/C29H38N8OS/c1-20-5-2-3-6-23(20)18-36-14-10-22(11-15-36)25(17-21-8-9-21)27(38)32-29-35-34-28(39-29)31-24-12-16-37(19-24)26-7-4-13-30-33-26/h2-7,13,21-22,24-25H,8-12,14-19H2,1H3,(H,31,34)(H,32,35,38)/t24-,25?/m1/s1. The first-order valence-corrected chi connectivity index (χ1v) is 15.1. The van der Waals surface area contributed by atoms with Crippen molar-refractivity contribution >= 4 is 33.3 Å². The van der Waals surface area contributed by atoms with Gasteiger partial charge >= 0.3 is 0 Å². The number of hydrogen-bond donors (Lipinski definition) is 2. The van der Waals surface area contributed by atoms with Crippen LogP contribution >= 0.6 is 11.3 Å². The normalized spacial score (nSPS) is 21.2. The second-order valence-electron chi connectivity index (χ2n) is 11.4. The third-order valence-corrected chi connectivity index (χ3v) is 9.30. The van der Waals surface area contributed by atoms with Crippen molar-refractivity contribution in [3.05, 3.63) is 53.7 Å². The maximum Gasteiger partial charge on any atom is 0.229 e. The minimum absolute atomic E-state index is 0.0498. The Kier molecular flexibility index (Phi) is 8.01. The Labute approximate surface area is 234 Å². The van der Waals surface area contributed by atoms with E-state index in [1.165, 1.54) is 35.3 Å². The number of piperidine rings is 1. The van der Waals surface area contributed by atoms with Crippen LogP contribution in [0.1, 0.15) is 49.7 Å². The first-order valence-electron chi connectivity index (χ1n) is 14.3. The molecule has 2 N–H and O–H groups in total. The monoisotopic (exact) mass is 546 g/mol. The summed E-state index contributed by atoms with van der Waals surface area (Å²) < 4.78 is 0. The zero-order valence-electron chi connectivity index (χ0n) is 22.6. The van der Waals surface area contributed by atoms with Gasteiger partial charge in [0.2, 0.25) is 16.2 Å². The molecule has 6 rings (SSSR count). The van der Waals surface area contributed by atoms with E-state index in [4.69, 9.17) is 0 Å². The number of rotatable bonds is 10. The minimum atomic E-state index is 0.0498. The molecule has 0 radical (unpaired) electrons. The predicted molar refractivity (Wildman–Crippen MR) is 155 cm³/mol. The van der Waals surface area contributed by atoms with Gasteiger partial charge in [0.25, 0.3) is 0 Å². The molecule has 0 bridgehead atoms. The van der Waals surface area contributed by atoms with Gasteiger partial charge in [-0.2, -0.15) is 5.10 Å². The van der Waals surface area contributed by atoms with Gasteiger partial charge in [-0.1, -0.05) is 48.4 Å². The largest absolute Gasteiger partial charge is 0.355 e. The smallest absolute Gasteiger partial charge is 0.229 e. The summed E-state index contributed by atoms with van der Waals surface area (Å²) in [6.45, 7) is 7.05. The summed E-state index contributed by atoms with van der Waals surface area (Å²) in [5.41, 5.74) is 2.76. The lowest BCUT2D eigenvalue weighted by Gasteiger charge is -2.35. The minimum Gasteiger partial charge on any atom is -0.355 e. The SMILES string of the molecule is Cc1ccccc1CN1CCC(C(CC2CC2)C(=O)Nc2nnc(N[C@@H]3CCN(c4cccnn4)C3)s2)CC1. The molecule has 9 nitrogen and oxygen atoms in total. The van der Waals surface area contributed by atoms with Crippen LogP contribution in [-0.2, 0) is 11.3 Å². The van der Waals surface area contributed by atoms with Crippen molar-refractivity contribution in [2.75, 3.05) is 41.7 Å². The number of carbonyl (C=O) groups is 1. The van der Waals surface area contributed by atoms with Gasteiger partial charge in [0, 0.05) is 37.8 Å². The molecule has 3 aromatic rings. The fraction of sp³-hybridized carbons (Fsp3) is 0.552. The fourth-order valence-corrected chi connectivity index (χ4v) is 6.74. The highest BCUT2D eigenvalue weighted by atomic mass is 32.1. The van der Waals surface area contributed by atoms with Crippen molar-refractivity contribution < 1.29 is 4.79 Å². The average molecular weight is 547 g/mol. The number of aryl methyl sites for hydroxylation is 1. The average Bonchev–Trinajstić information content (AvgIpc) is 3.49. The molecule has 2 atom stereocenters. The second-order valence-corrected chi connectivity index (χ2v) is 12.4. The molecular weight excluding hydrogens is 508 g/mol. The summed E-state index contributed by atoms with van der Waals surface area (Å²) in [5.74, 6) is 2.20. The van der Waals surface area contributed by atoms with E-state index in [2.05, 4.69) is 72.0 Å². The first kappa shape index (κ1) is 26.1. The van der Waals surface area contributed by atoms with Crippen molar-refractivity contribution in [3.8, 4) is 0 Å². The highest BCUT2D eigenvalue weighted by Gasteiger charge is 2.36. The van der Waals surface area contributed by atoms with Crippen molar-refractivity contribution in [2.24, 2.45) is 17.8 Å². The third kappa shape index (κ3) is 6.73. The van der Waals surface area contributed by atoms with E-state index >= 15 is 0 Å². The Morgan fingerprint density at radius 1 is 1.00 bits per heavy atom. The van der Waals surface area contributed by atoms with Crippen LogP contribution in [0.2, 0.25) is 0 Å². The van der Waals surface area contributed by atoms with Crippen LogP contribution in [0.5, 0.6) is 0 Å². The van der Waals surface area contributed by atoms with Crippen LogP contribution in [0, 0.1) is 24.7 Å². The van der Waals surface area contributed by atoms with Gasteiger partial charge in [-0.05, 0) is 80.8 Å². The van der Waals surface area contributed by atoms with Crippen molar-refractivity contribution in [2.45, 2.75) is 58.0 Å². The van der Waals surface area contributed by atoms with E-state index in [9.17, 15) is 4.79 Å². The molecule has 1 aliphatic carbocycles. The highest BCUT2D eigenvalue weighted by Crippen LogP contribution is 2.40. The molecule has 2 aromatic heterocycles. The summed E-state index contributed by atoms with van der Waals surface area (Å²) >= 11 is 1.43. The molecule has 10 heteroatoms. The van der Waals surface area contributed by atoms with Crippen LogP contribution in [0.15, 0.2) is 42.6 Å². The first-order chi connectivity index (χ1) is 19.1. The lowest BCUT2D eigenvalue weighted by atomic mass is 9.80. The molecule has 3 fully saturated rings. The third-order valence-electron chi connectivity index (χ3n) is 8.53. The molecule has 1 unspecified atom stereocenters. The van der Waals surface area contributed by atoms with E-state index in [0.29, 0.717) is 17.0 Å². The number of nitrogens with one attached hydrogen (secondary N) is 2. The van der Waals surface area contributed by atoms with E-state index in [1.807, 2.05) is 12.1 Å². The summed E-state index contributed by atoms with van der Waals surface area (Å²) in [6, 6.07) is 12.8. The molecular formula is C29H38N8OS. The summed E-state index contributed by atoms with van der Waals surface area (Å²) in [5, 5.41) is 24.8. The van der Waals surface area contributed by atoms with Crippen molar-refractivity contribution in [1.29, 1.82) is 0 Å². The Balaban J connectivity index is 1.02. The molecule has 2 saturated heterocycles. The molecule has 3 aliphatic rings. The molecule has 1 saturated carbocycles. The number of aromatic nitrogens is 4. The molecule has 4 heterocycles. The Morgan fingerprint density at radius 2 is 1.82 bits per heavy atom. The molecule has 39 heavy (non-hydrogen) atoms. The van der Waals surface area contributed by atoms with Gasteiger partial charge in [-0.25, -0.2) is 0 Å². The van der Waals surface area contributed by atoms with Crippen LogP contribution < -0.4 is 15.5 Å². The quantitative estimate of drug-likeness (QED) is 0.381. The zero-order valence-corrected chi connectivity index (χ0v) is 23.4. The second kappa shape index (κ2) is 12.0. The van der Waals surface area contributed by atoms with Crippen LogP contribution in [0.25, 0.3) is 0 Å². The molecule has 0 spiro atoms. The summed E-state index contributed by atoms with van der Waals surface area (Å²) in [4.78, 5) is 18.3. The number of likely N-dealkylation sites (tertiary alicyclic amines) is 1. The molecule has 206 valence electrons. The van der Waals surface area contributed by atoms with Crippen molar-refractivity contribution in [3.63, 3.8) is 0 Å². The van der Waals surface area contributed by atoms with E-state index in [-0.39, 0.29) is 17.9 Å². The molecule has 1 aromatic carbocycles. The number of amides is 1. The topological polar surface area (TPSA) is 99.2 Å². The number of benzene rings is 1. The van der Waals surface area contributed by atoms with Gasteiger partial charge in [-0.15, -0.1) is 15.3 Å². The lowest BCUT2D eigenvalue weighted by molar-refractivity contribution is -0.122. The molecule has 2 aliphatic heterocycles. The van der Waals surface area contributed by atoms with E-state index < -0.39 is 0 Å². The van der Waals surface area contributed by atoms with Gasteiger partial charge in [0.05, 0.1) is 0 Å².